The van der Waals surface area contributed by atoms with E-state index in [1.54, 1.807) is 0 Å². The largest absolute Gasteiger partial charge is 0.372 e. The Morgan fingerprint density at radius 1 is 1.53 bits per heavy atom. The van der Waals surface area contributed by atoms with Gasteiger partial charge in [0.05, 0.1) is 6.04 Å². The number of halogens is 1. The van der Waals surface area contributed by atoms with Crippen LogP contribution in [0.25, 0.3) is 0 Å². The number of nitrogens with zero attached hydrogens (tertiary/aromatic N) is 1. The molecule has 2 rings (SSSR count). The summed E-state index contributed by atoms with van der Waals surface area (Å²) < 4.78 is 5.22. The van der Waals surface area contributed by atoms with Crippen LogP contribution >= 0.6 is 11.6 Å². The van der Waals surface area contributed by atoms with Gasteiger partial charge < -0.3 is 15.0 Å². The molecule has 19 heavy (non-hydrogen) atoms. The lowest BCUT2D eigenvalue weighted by molar-refractivity contribution is -0.139. The summed E-state index contributed by atoms with van der Waals surface area (Å²) >= 11 is 6.23. The van der Waals surface area contributed by atoms with Crippen LogP contribution in [0, 0.1) is 0 Å². The van der Waals surface area contributed by atoms with E-state index >= 15 is 0 Å². The molecule has 4 nitrogen and oxygen atoms in total. The molecule has 1 N–H and O–H groups in total. The molecule has 1 heterocycles. The van der Waals surface area contributed by atoms with Gasteiger partial charge in [-0.3, -0.25) is 4.79 Å². The minimum Gasteiger partial charge on any atom is -0.372 e. The van der Waals surface area contributed by atoms with E-state index in [1.807, 2.05) is 36.1 Å². The Morgan fingerprint density at radius 2 is 2.32 bits per heavy atom. The maximum absolute atomic E-state index is 12.2. The van der Waals surface area contributed by atoms with Crippen LogP contribution in [0.2, 0.25) is 5.02 Å². The van der Waals surface area contributed by atoms with Gasteiger partial charge in [-0.15, -0.1) is 0 Å². The zero-order chi connectivity index (χ0) is 13.7. The minimum absolute atomic E-state index is 0.0181. The van der Waals surface area contributed by atoms with Crippen molar-refractivity contribution in [1.82, 2.24) is 10.2 Å². The molecule has 1 saturated heterocycles. The third kappa shape index (κ3) is 3.47. The second-order valence-corrected chi connectivity index (χ2v) is 4.87. The van der Waals surface area contributed by atoms with Crippen LogP contribution in [-0.4, -0.2) is 43.7 Å². The van der Waals surface area contributed by atoms with Gasteiger partial charge >= 0.3 is 0 Å². The topological polar surface area (TPSA) is 41.6 Å². The minimum atomic E-state index is -0.0181. The van der Waals surface area contributed by atoms with Crippen molar-refractivity contribution in [2.75, 3.05) is 32.8 Å². The number of nitrogens with one attached hydrogen (secondary N) is 1. The first kappa shape index (κ1) is 14.3. The lowest BCUT2D eigenvalue weighted by atomic mass is 10.0. The van der Waals surface area contributed by atoms with Crippen LogP contribution < -0.4 is 5.32 Å². The highest BCUT2D eigenvalue weighted by atomic mass is 35.5. The molecule has 1 fully saturated rings. The fourth-order valence-electron chi connectivity index (χ4n) is 2.30. The number of hydrogen-bond donors (Lipinski definition) is 1. The number of ether oxygens (including phenoxy) is 1. The third-order valence-electron chi connectivity index (χ3n) is 3.26. The zero-order valence-electron chi connectivity index (χ0n) is 11.1. The molecule has 1 aromatic carbocycles. The van der Waals surface area contributed by atoms with Crippen molar-refractivity contribution in [3.63, 3.8) is 0 Å². The maximum Gasteiger partial charge on any atom is 0.249 e. The number of rotatable bonds is 4. The second-order valence-electron chi connectivity index (χ2n) is 4.47. The molecular formula is C14H19ClN2O2. The fourth-order valence-corrected chi connectivity index (χ4v) is 2.56. The van der Waals surface area contributed by atoms with E-state index in [9.17, 15) is 4.79 Å². The van der Waals surface area contributed by atoms with Gasteiger partial charge in [0.1, 0.15) is 6.61 Å². The molecule has 1 aliphatic rings. The van der Waals surface area contributed by atoms with Crippen molar-refractivity contribution >= 4 is 17.5 Å². The monoisotopic (exact) mass is 282 g/mol. The Kier molecular flexibility index (Phi) is 5.19. The van der Waals surface area contributed by atoms with Crippen molar-refractivity contribution in [3.05, 3.63) is 34.9 Å². The second kappa shape index (κ2) is 6.89. The van der Waals surface area contributed by atoms with Crippen LogP contribution in [0.4, 0.5) is 0 Å². The van der Waals surface area contributed by atoms with Crippen molar-refractivity contribution in [2.24, 2.45) is 0 Å². The van der Waals surface area contributed by atoms with Crippen LogP contribution in [-0.2, 0) is 9.53 Å². The van der Waals surface area contributed by atoms with Gasteiger partial charge in [-0.2, -0.15) is 0 Å². The molecule has 104 valence electrons. The first-order valence-electron chi connectivity index (χ1n) is 6.56. The number of hydrogen-bond acceptors (Lipinski definition) is 3. The molecule has 5 heteroatoms. The maximum atomic E-state index is 12.2. The number of piperazine rings is 1. The molecule has 0 aromatic heterocycles. The third-order valence-corrected chi connectivity index (χ3v) is 3.60. The molecule has 0 spiro atoms. The van der Waals surface area contributed by atoms with E-state index < -0.39 is 0 Å². The highest BCUT2D eigenvalue weighted by Gasteiger charge is 2.28. The summed E-state index contributed by atoms with van der Waals surface area (Å²) in [4.78, 5) is 14.0. The van der Waals surface area contributed by atoms with Gasteiger partial charge in [0.15, 0.2) is 0 Å². The van der Waals surface area contributed by atoms with E-state index in [1.165, 1.54) is 0 Å². The van der Waals surface area contributed by atoms with E-state index in [0.717, 1.165) is 18.7 Å². The summed E-state index contributed by atoms with van der Waals surface area (Å²) in [5.74, 6) is 0.0215. The first-order chi connectivity index (χ1) is 9.24. The Labute approximate surface area is 118 Å². The van der Waals surface area contributed by atoms with E-state index in [-0.39, 0.29) is 18.6 Å². The average Bonchev–Trinajstić information content (AvgIpc) is 2.45. The number of carbonyl (C=O) groups is 1. The predicted octanol–water partition coefficient (Wildman–Crippen LogP) is 1.85. The molecular weight excluding hydrogens is 264 g/mol. The lowest BCUT2D eigenvalue weighted by Gasteiger charge is -2.36. The molecule has 0 aliphatic carbocycles. The summed E-state index contributed by atoms with van der Waals surface area (Å²) in [5.41, 5.74) is 0.987. The molecule has 0 saturated carbocycles. The summed E-state index contributed by atoms with van der Waals surface area (Å²) in [6, 6.07) is 7.66. The Bertz CT molecular complexity index is 439. The van der Waals surface area contributed by atoms with Crippen LogP contribution in [0.15, 0.2) is 24.3 Å². The Balaban J connectivity index is 2.16. The zero-order valence-corrected chi connectivity index (χ0v) is 11.8. The SMILES string of the molecule is CCOCC(=O)N1CCNCC1c1ccccc1Cl. The molecule has 1 aromatic rings. The summed E-state index contributed by atoms with van der Waals surface area (Å²) in [6.45, 7) is 4.78. The summed E-state index contributed by atoms with van der Waals surface area (Å²) in [5, 5.41) is 4.01. The van der Waals surface area contributed by atoms with Gasteiger partial charge in [0.2, 0.25) is 5.91 Å². The quantitative estimate of drug-likeness (QED) is 0.916. The highest BCUT2D eigenvalue weighted by Crippen LogP contribution is 2.28. The number of carbonyl (C=O) groups excluding carboxylic acids is 1. The molecule has 1 atom stereocenters. The molecule has 1 amide bonds. The molecule has 0 bridgehead atoms. The van der Waals surface area contributed by atoms with Gasteiger partial charge in [0, 0.05) is 31.3 Å². The molecule has 0 radical (unpaired) electrons. The van der Waals surface area contributed by atoms with Gasteiger partial charge in [-0.1, -0.05) is 29.8 Å². The van der Waals surface area contributed by atoms with Crippen LogP contribution in [0.1, 0.15) is 18.5 Å². The van der Waals surface area contributed by atoms with Gasteiger partial charge in [-0.25, -0.2) is 0 Å². The standard InChI is InChI=1S/C14H19ClN2O2/c1-2-19-10-14(18)17-8-7-16-9-13(17)11-5-3-4-6-12(11)15/h3-6,13,16H,2,7-10H2,1H3. The summed E-state index contributed by atoms with van der Waals surface area (Å²) in [6.07, 6.45) is 0. The van der Waals surface area contributed by atoms with Crippen molar-refractivity contribution < 1.29 is 9.53 Å². The van der Waals surface area contributed by atoms with Crippen LogP contribution in [0.3, 0.4) is 0 Å². The van der Waals surface area contributed by atoms with Gasteiger partial charge in [0.25, 0.3) is 0 Å². The van der Waals surface area contributed by atoms with Crippen molar-refractivity contribution in [2.45, 2.75) is 13.0 Å². The molecule has 1 aliphatic heterocycles. The lowest BCUT2D eigenvalue weighted by Crippen LogP contribution is -2.49. The van der Waals surface area contributed by atoms with Crippen molar-refractivity contribution in [3.8, 4) is 0 Å². The average molecular weight is 283 g/mol. The number of benzene rings is 1. The predicted molar refractivity (Wildman–Crippen MR) is 75.3 cm³/mol. The number of amides is 1. The fraction of sp³-hybridized carbons (Fsp3) is 0.500. The highest BCUT2D eigenvalue weighted by molar-refractivity contribution is 6.31. The summed E-state index contributed by atoms with van der Waals surface area (Å²) in [7, 11) is 0. The normalized spacial score (nSPS) is 19.5. The van der Waals surface area contributed by atoms with E-state index in [2.05, 4.69) is 5.32 Å². The van der Waals surface area contributed by atoms with E-state index in [0.29, 0.717) is 18.2 Å². The van der Waals surface area contributed by atoms with Crippen molar-refractivity contribution in [1.29, 1.82) is 0 Å². The first-order valence-corrected chi connectivity index (χ1v) is 6.94. The smallest absolute Gasteiger partial charge is 0.249 e. The van der Waals surface area contributed by atoms with Gasteiger partial charge in [-0.05, 0) is 18.6 Å². The Hall–Kier alpha value is -1.10. The molecule has 1 unspecified atom stereocenters. The Morgan fingerprint density at radius 3 is 3.05 bits per heavy atom. The van der Waals surface area contributed by atoms with E-state index in [4.69, 9.17) is 16.3 Å². The van der Waals surface area contributed by atoms with Crippen LogP contribution in [0.5, 0.6) is 0 Å².